The van der Waals surface area contributed by atoms with Gasteiger partial charge in [0.05, 0.1) is 11.1 Å². The third-order valence-electron chi connectivity index (χ3n) is 13.5. The fourth-order valence-corrected chi connectivity index (χ4v) is 12.1. The number of furan rings is 2. The van der Waals surface area contributed by atoms with Crippen molar-refractivity contribution in [2.45, 2.75) is 58.3 Å². The number of hydrogen-bond donors (Lipinski definition) is 0. The first-order valence-corrected chi connectivity index (χ1v) is 20.4. The monoisotopic (exact) mass is 728 g/mol. The highest BCUT2D eigenvalue weighted by Crippen LogP contribution is 2.54. The molecule has 2 aliphatic heterocycles. The van der Waals surface area contributed by atoms with Gasteiger partial charge in [-0.25, -0.2) is 0 Å². The summed E-state index contributed by atoms with van der Waals surface area (Å²) in [4.78, 5) is 2.64. The van der Waals surface area contributed by atoms with E-state index in [2.05, 4.69) is 153 Å². The molecule has 6 heterocycles. The number of hydrogen-bond acceptors (Lipinski definition) is 4. The summed E-state index contributed by atoms with van der Waals surface area (Å²) >= 11 is 1.92. The first kappa shape index (κ1) is 30.6. The van der Waals surface area contributed by atoms with E-state index in [-0.39, 0.29) is 17.7 Å². The molecule has 3 aliphatic rings. The fraction of sp³-hybridized carbons (Fsp3) is 0.184. The summed E-state index contributed by atoms with van der Waals surface area (Å²) in [5.41, 5.74) is 16.8. The Morgan fingerprint density at radius 3 is 2.13 bits per heavy atom. The van der Waals surface area contributed by atoms with Gasteiger partial charge in [0.25, 0.3) is 0 Å². The number of aromatic nitrogens is 1. The molecule has 0 N–H and O–H groups in total. The van der Waals surface area contributed by atoms with Crippen LogP contribution in [0, 0.1) is 6.92 Å². The van der Waals surface area contributed by atoms with Gasteiger partial charge in [0.2, 0.25) is 0 Å². The van der Waals surface area contributed by atoms with Crippen LogP contribution in [-0.2, 0) is 10.8 Å². The third kappa shape index (κ3) is 3.65. The van der Waals surface area contributed by atoms with Crippen molar-refractivity contribution in [2.24, 2.45) is 0 Å². The fourth-order valence-electron chi connectivity index (χ4n) is 10.8. The van der Waals surface area contributed by atoms with E-state index in [1.807, 2.05) is 11.3 Å². The van der Waals surface area contributed by atoms with Crippen LogP contribution in [0.2, 0.25) is 0 Å². The van der Waals surface area contributed by atoms with Gasteiger partial charge in [0.15, 0.2) is 5.71 Å². The van der Waals surface area contributed by atoms with Crippen molar-refractivity contribution < 1.29 is 8.83 Å². The van der Waals surface area contributed by atoms with Gasteiger partial charge in [-0.3, -0.25) is 0 Å². The van der Waals surface area contributed by atoms with E-state index in [0.29, 0.717) is 0 Å². The first-order valence-electron chi connectivity index (χ1n) is 19.6. The van der Waals surface area contributed by atoms with Crippen LogP contribution in [0.5, 0.6) is 0 Å². The Balaban J connectivity index is 1.25. The largest absolute Gasteiger partial charge is 0.455 e. The summed E-state index contributed by atoms with van der Waals surface area (Å²) in [6.45, 7) is 12.0. The number of para-hydroxylation sites is 3. The first-order chi connectivity index (χ1) is 26.7. The van der Waals surface area contributed by atoms with Gasteiger partial charge in [-0.15, -0.1) is 11.3 Å². The number of thiophene rings is 1. The van der Waals surface area contributed by atoms with Crippen molar-refractivity contribution in [3.8, 4) is 11.1 Å². The summed E-state index contributed by atoms with van der Waals surface area (Å²) in [5.74, 6) is 0. The SMILES string of the molecule is Cc1cc2c(cc1N1c3cc4c(oc5ccccc54)c4c3B(c3sc5ccccc5c31)n1c3oc5ccccc5c3c3cccc-4c31)C(C)(C)CCC2(C)C. The van der Waals surface area contributed by atoms with Gasteiger partial charge in [0.1, 0.15) is 16.7 Å². The van der Waals surface area contributed by atoms with Gasteiger partial charge in [-0.2, -0.15) is 0 Å². The van der Waals surface area contributed by atoms with Crippen LogP contribution in [0.3, 0.4) is 0 Å². The zero-order chi connectivity index (χ0) is 36.7. The Kier molecular flexibility index (Phi) is 5.52. The van der Waals surface area contributed by atoms with E-state index >= 15 is 0 Å². The number of benzene rings is 6. The maximum absolute atomic E-state index is 6.98. The molecule has 0 atom stereocenters. The second-order valence-electron chi connectivity index (χ2n) is 17.5. The molecular formula is C49H37BN2O2S. The summed E-state index contributed by atoms with van der Waals surface area (Å²) in [7, 11) is 0. The lowest BCUT2D eigenvalue weighted by atomic mass is 9.48. The Hall–Kier alpha value is -5.72. The minimum absolute atomic E-state index is 0.0674. The molecule has 0 spiro atoms. The van der Waals surface area contributed by atoms with Crippen molar-refractivity contribution in [1.29, 1.82) is 0 Å². The molecule has 55 heavy (non-hydrogen) atoms. The lowest BCUT2D eigenvalue weighted by Crippen LogP contribution is -2.55. The highest BCUT2D eigenvalue weighted by atomic mass is 32.1. The molecule has 6 aromatic carbocycles. The minimum Gasteiger partial charge on any atom is -0.455 e. The van der Waals surface area contributed by atoms with Crippen LogP contribution in [0.25, 0.3) is 76.1 Å². The Labute approximate surface area is 322 Å². The molecule has 264 valence electrons. The molecule has 1 aliphatic carbocycles. The van der Waals surface area contributed by atoms with E-state index in [1.165, 1.54) is 94.3 Å². The third-order valence-corrected chi connectivity index (χ3v) is 14.8. The van der Waals surface area contributed by atoms with Gasteiger partial charge < -0.3 is 18.2 Å². The van der Waals surface area contributed by atoms with Gasteiger partial charge in [-0.1, -0.05) is 107 Å². The number of anilines is 3. The minimum atomic E-state index is -0.116. The average molecular weight is 729 g/mol. The van der Waals surface area contributed by atoms with Crippen molar-refractivity contribution in [2.75, 3.05) is 4.90 Å². The lowest BCUT2D eigenvalue weighted by Gasteiger charge is -2.44. The van der Waals surface area contributed by atoms with E-state index in [1.54, 1.807) is 0 Å². The molecule has 4 aromatic heterocycles. The molecule has 0 unspecified atom stereocenters. The quantitative estimate of drug-likeness (QED) is 0.158. The van der Waals surface area contributed by atoms with Crippen molar-refractivity contribution >= 4 is 110 Å². The van der Waals surface area contributed by atoms with E-state index in [4.69, 9.17) is 8.83 Å². The molecule has 0 amide bonds. The van der Waals surface area contributed by atoms with Crippen molar-refractivity contribution in [3.05, 3.63) is 126 Å². The molecule has 4 nitrogen and oxygen atoms in total. The van der Waals surface area contributed by atoms with E-state index in [9.17, 15) is 0 Å². The second kappa shape index (κ2) is 9.93. The van der Waals surface area contributed by atoms with Gasteiger partial charge in [-0.05, 0) is 83.1 Å². The van der Waals surface area contributed by atoms with Crippen LogP contribution in [0.4, 0.5) is 17.1 Å². The zero-order valence-electron chi connectivity index (χ0n) is 31.5. The normalized spacial score (nSPS) is 16.5. The lowest BCUT2D eigenvalue weighted by molar-refractivity contribution is 0.332. The maximum atomic E-state index is 6.98. The Bertz CT molecular complexity index is 3370. The standard InChI is InChI=1S/C49H37BN2O2S/c1-26-23-33-34(49(4,5)22-21-48(33,2)3)25-35(26)51-36-24-32-27-13-6-9-18-37(27)53-45(32)41-31-17-12-16-30-40-28-14-7-10-19-38(28)54-47(40)52(43(30)31)50(42(36)41)46-44(51)29-15-8-11-20-39(29)55-46/h6-20,23-25H,21-22H2,1-5H3. The van der Waals surface area contributed by atoms with Crippen molar-refractivity contribution in [3.63, 3.8) is 0 Å². The predicted octanol–water partition coefficient (Wildman–Crippen LogP) is 12.7. The molecule has 0 saturated heterocycles. The predicted molar refractivity (Wildman–Crippen MR) is 232 cm³/mol. The summed E-state index contributed by atoms with van der Waals surface area (Å²) in [5, 5.41) is 7.14. The summed E-state index contributed by atoms with van der Waals surface area (Å²) < 4.78 is 19.1. The van der Waals surface area contributed by atoms with Crippen LogP contribution < -0.4 is 15.1 Å². The molecule has 0 radical (unpaired) electrons. The van der Waals surface area contributed by atoms with Gasteiger partial charge >= 0.3 is 6.85 Å². The highest BCUT2D eigenvalue weighted by molar-refractivity contribution is 7.32. The maximum Gasteiger partial charge on any atom is 0.346 e. The van der Waals surface area contributed by atoms with Crippen LogP contribution in [0.15, 0.2) is 118 Å². The molecule has 0 saturated carbocycles. The molecule has 0 bridgehead atoms. The van der Waals surface area contributed by atoms with E-state index in [0.717, 1.165) is 38.6 Å². The number of aryl methyl sites for hydroxylation is 1. The zero-order valence-corrected chi connectivity index (χ0v) is 32.3. The number of fused-ring (bicyclic) bond motifs is 16. The average Bonchev–Trinajstić information content (AvgIpc) is 3.94. The summed E-state index contributed by atoms with van der Waals surface area (Å²) in [6, 6.07) is 40.4. The Morgan fingerprint density at radius 2 is 1.33 bits per heavy atom. The van der Waals surface area contributed by atoms with Crippen LogP contribution >= 0.6 is 11.3 Å². The van der Waals surface area contributed by atoms with E-state index < -0.39 is 0 Å². The van der Waals surface area contributed by atoms with Gasteiger partial charge in [0, 0.05) is 64.4 Å². The molecule has 10 aromatic rings. The smallest absolute Gasteiger partial charge is 0.346 e. The highest BCUT2D eigenvalue weighted by Gasteiger charge is 2.48. The number of nitrogens with zero attached hydrogens (tertiary/aromatic N) is 2. The van der Waals surface area contributed by atoms with Crippen LogP contribution in [-0.4, -0.2) is 11.3 Å². The van der Waals surface area contributed by atoms with Crippen LogP contribution in [0.1, 0.15) is 57.2 Å². The molecule has 6 heteroatoms. The topological polar surface area (TPSA) is 34.5 Å². The van der Waals surface area contributed by atoms with Crippen molar-refractivity contribution in [1.82, 2.24) is 4.48 Å². The number of rotatable bonds is 1. The molecule has 0 fully saturated rings. The molecule has 13 rings (SSSR count). The molecular weight excluding hydrogens is 691 g/mol. The second-order valence-corrected chi connectivity index (χ2v) is 18.6. The summed E-state index contributed by atoms with van der Waals surface area (Å²) in [6.07, 6.45) is 2.36. The Morgan fingerprint density at radius 1 is 0.655 bits per heavy atom.